The number of hydrogen-bond acceptors (Lipinski definition) is 3. The number of nitrogens with zero attached hydrogens (tertiary/aromatic N) is 1. The molecule has 0 unspecified atom stereocenters. The Morgan fingerprint density at radius 2 is 2.26 bits per heavy atom. The number of thiophene rings is 1. The van der Waals surface area contributed by atoms with Crippen molar-refractivity contribution in [2.24, 2.45) is 0 Å². The molecule has 0 radical (unpaired) electrons. The molecule has 0 fully saturated rings. The van der Waals surface area contributed by atoms with Crippen LogP contribution in [0.25, 0.3) is 11.0 Å². The van der Waals surface area contributed by atoms with E-state index in [2.05, 4.69) is 31.2 Å². The molecule has 2 N–H and O–H groups in total. The summed E-state index contributed by atoms with van der Waals surface area (Å²) in [6.45, 7) is 0.390. The van der Waals surface area contributed by atoms with E-state index < -0.39 is 0 Å². The Hall–Kier alpha value is -1.66. The van der Waals surface area contributed by atoms with Crippen LogP contribution in [0.15, 0.2) is 39.5 Å². The maximum atomic E-state index is 11.9. The average molecular weight is 336 g/mol. The molecule has 0 aliphatic heterocycles. The second-order valence-electron chi connectivity index (χ2n) is 4.02. The minimum Gasteiger partial charge on any atom is -0.345 e. The molecule has 0 aliphatic carbocycles. The summed E-state index contributed by atoms with van der Waals surface area (Å²) in [5, 5.41) is 4.66. The summed E-state index contributed by atoms with van der Waals surface area (Å²) in [5.74, 6) is 0.659. The molecule has 0 saturated heterocycles. The smallest absolute Gasteiger partial charge is 0.252 e. The van der Waals surface area contributed by atoms with Crippen molar-refractivity contribution in [3.05, 3.63) is 50.9 Å². The number of hydrogen-bond donors (Lipinski definition) is 2. The van der Waals surface area contributed by atoms with Crippen LogP contribution in [-0.4, -0.2) is 15.9 Å². The number of rotatable bonds is 3. The Bertz CT molecular complexity index is 701. The number of H-pyrrole nitrogens is 1. The van der Waals surface area contributed by atoms with Gasteiger partial charge in [-0.2, -0.15) is 0 Å². The largest absolute Gasteiger partial charge is 0.345 e. The number of carbonyl (C=O) groups excluding carboxylic acids is 1. The molecule has 2 heterocycles. The van der Waals surface area contributed by atoms with E-state index in [0.717, 1.165) is 20.6 Å². The van der Waals surface area contributed by atoms with E-state index in [1.165, 1.54) is 11.3 Å². The van der Waals surface area contributed by atoms with Crippen molar-refractivity contribution in [1.29, 1.82) is 0 Å². The van der Waals surface area contributed by atoms with Crippen LogP contribution in [0.1, 0.15) is 16.2 Å². The Kier molecular flexibility index (Phi) is 3.35. The Morgan fingerprint density at radius 1 is 1.42 bits per heavy atom. The van der Waals surface area contributed by atoms with E-state index in [1.807, 2.05) is 29.6 Å². The summed E-state index contributed by atoms with van der Waals surface area (Å²) in [6, 6.07) is 9.59. The van der Waals surface area contributed by atoms with Crippen LogP contribution in [0, 0.1) is 0 Å². The third-order valence-electron chi connectivity index (χ3n) is 2.68. The third-order valence-corrected chi connectivity index (χ3v) is 4.19. The fourth-order valence-corrected chi connectivity index (χ4v) is 2.92. The van der Waals surface area contributed by atoms with Crippen LogP contribution < -0.4 is 5.32 Å². The molecule has 0 atom stereocenters. The highest BCUT2D eigenvalue weighted by Gasteiger charge is 2.08. The van der Waals surface area contributed by atoms with E-state index in [0.29, 0.717) is 12.1 Å². The Morgan fingerprint density at radius 3 is 3.00 bits per heavy atom. The topological polar surface area (TPSA) is 57.8 Å². The van der Waals surface area contributed by atoms with Gasteiger partial charge >= 0.3 is 0 Å². The minimum atomic E-state index is -0.0950. The second-order valence-corrected chi connectivity index (χ2v) is 6.31. The van der Waals surface area contributed by atoms with Gasteiger partial charge in [0.05, 0.1) is 26.9 Å². The molecular weight excluding hydrogens is 326 g/mol. The first kappa shape index (κ1) is 12.4. The Balaban J connectivity index is 1.70. The van der Waals surface area contributed by atoms with Crippen LogP contribution >= 0.6 is 27.3 Å². The molecule has 19 heavy (non-hydrogen) atoms. The summed E-state index contributed by atoms with van der Waals surface area (Å²) in [4.78, 5) is 19.5. The van der Waals surface area contributed by atoms with Crippen molar-refractivity contribution >= 4 is 44.2 Å². The van der Waals surface area contributed by atoms with Gasteiger partial charge < -0.3 is 10.3 Å². The SMILES string of the molecule is O=C(NCc1nc2ccccc2[nH]1)c1csc(Br)c1. The number of fused-ring (bicyclic) bond motifs is 1. The van der Waals surface area contributed by atoms with Gasteiger partial charge in [0, 0.05) is 5.38 Å². The maximum absolute atomic E-state index is 11.9. The van der Waals surface area contributed by atoms with Gasteiger partial charge in [-0.25, -0.2) is 4.98 Å². The van der Waals surface area contributed by atoms with Gasteiger partial charge in [0.15, 0.2) is 0 Å². The van der Waals surface area contributed by atoms with Crippen molar-refractivity contribution < 1.29 is 4.79 Å². The standard InChI is InChI=1S/C13H10BrN3OS/c14-11-5-8(7-19-11)13(18)15-6-12-16-9-3-1-2-4-10(9)17-12/h1-5,7H,6H2,(H,15,18)(H,16,17). The zero-order valence-electron chi connectivity index (χ0n) is 9.81. The lowest BCUT2D eigenvalue weighted by Gasteiger charge is -2.00. The number of benzene rings is 1. The summed E-state index contributed by atoms with van der Waals surface area (Å²) in [7, 11) is 0. The molecule has 0 spiro atoms. The van der Waals surface area contributed by atoms with Gasteiger partial charge in [-0.15, -0.1) is 11.3 Å². The van der Waals surface area contributed by atoms with Crippen LogP contribution in [0.4, 0.5) is 0 Å². The molecule has 0 bridgehead atoms. The van der Waals surface area contributed by atoms with Crippen LogP contribution in [0.5, 0.6) is 0 Å². The number of aromatic nitrogens is 2. The lowest BCUT2D eigenvalue weighted by atomic mass is 10.3. The Labute approximate surface area is 122 Å². The second kappa shape index (κ2) is 5.14. The molecule has 0 saturated carbocycles. The summed E-state index contributed by atoms with van der Waals surface area (Å²) in [6.07, 6.45) is 0. The van der Waals surface area contributed by atoms with E-state index in [-0.39, 0.29) is 5.91 Å². The highest BCUT2D eigenvalue weighted by atomic mass is 79.9. The fourth-order valence-electron chi connectivity index (χ4n) is 1.78. The molecule has 2 aromatic heterocycles. The van der Waals surface area contributed by atoms with E-state index in [4.69, 9.17) is 0 Å². The highest BCUT2D eigenvalue weighted by molar-refractivity contribution is 9.11. The molecule has 1 amide bonds. The number of aromatic amines is 1. The van der Waals surface area contributed by atoms with Crippen molar-refractivity contribution in [1.82, 2.24) is 15.3 Å². The zero-order valence-corrected chi connectivity index (χ0v) is 12.2. The molecule has 6 heteroatoms. The van der Waals surface area contributed by atoms with E-state index in [1.54, 1.807) is 6.07 Å². The van der Waals surface area contributed by atoms with Gasteiger partial charge in [0.25, 0.3) is 5.91 Å². The molecule has 3 rings (SSSR count). The number of imidazole rings is 1. The average Bonchev–Trinajstić information content (AvgIpc) is 3.01. The number of amides is 1. The normalized spacial score (nSPS) is 10.8. The van der Waals surface area contributed by atoms with Gasteiger partial charge in [-0.05, 0) is 34.1 Å². The number of carbonyl (C=O) groups is 1. The van der Waals surface area contributed by atoms with Crippen molar-refractivity contribution in [2.75, 3.05) is 0 Å². The first-order valence-electron chi connectivity index (χ1n) is 5.68. The number of para-hydroxylation sites is 2. The van der Waals surface area contributed by atoms with E-state index in [9.17, 15) is 4.79 Å². The van der Waals surface area contributed by atoms with Gasteiger partial charge in [-0.3, -0.25) is 4.79 Å². The maximum Gasteiger partial charge on any atom is 0.252 e. The third kappa shape index (κ3) is 2.69. The fraction of sp³-hybridized carbons (Fsp3) is 0.0769. The van der Waals surface area contributed by atoms with E-state index >= 15 is 0 Å². The number of halogens is 1. The van der Waals surface area contributed by atoms with Crippen LogP contribution in [0.2, 0.25) is 0 Å². The lowest BCUT2D eigenvalue weighted by Crippen LogP contribution is -2.22. The first-order chi connectivity index (χ1) is 9.22. The predicted molar refractivity (Wildman–Crippen MR) is 79.3 cm³/mol. The zero-order chi connectivity index (χ0) is 13.2. The highest BCUT2D eigenvalue weighted by Crippen LogP contribution is 2.20. The van der Waals surface area contributed by atoms with Gasteiger partial charge in [0.1, 0.15) is 5.82 Å². The van der Waals surface area contributed by atoms with Crippen molar-refractivity contribution in [3.8, 4) is 0 Å². The molecule has 96 valence electrons. The molecule has 1 aromatic carbocycles. The molecule has 4 nitrogen and oxygen atoms in total. The summed E-state index contributed by atoms with van der Waals surface area (Å²) >= 11 is 4.83. The van der Waals surface area contributed by atoms with Crippen molar-refractivity contribution in [3.63, 3.8) is 0 Å². The monoisotopic (exact) mass is 335 g/mol. The van der Waals surface area contributed by atoms with Crippen LogP contribution in [0.3, 0.4) is 0 Å². The van der Waals surface area contributed by atoms with Gasteiger partial charge in [0.2, 0.25) is 0 Å². The predicted octanol–water partition coefficient (Wildman–Crippen LogP) is 3.32. The minimum absolute atomic E-state index is 0.0950. The molecular formula is C13H10BrN3OS. The summed E-state index contributed by atoms with van der Waals surface area (Å²) < 4.78 is 0.946. The quantitative estimate of drug-likeness (QED) is 0.771. The molecule has 0 aliphatic rings. The van der Waals surface area contributed by atoms with Crippen molar-refractivity contribution in [2.45, 2.75) is 6.54 Å². The first-order valence-corrected chi connectivity index (χ1v) is 7.35. The lowest BCUT2D eigenvalue weighted by molar-refractivity contribution is 0.0950. The molecule has 3 aromatic rings. The van der Waals surface area contributed by atoms with Crippen LogP contribution in [-0.2, 0) is 6.54 Å². The summed E-state index contributed by atoms with van der Waals surface area (Å²) in [5.41, 5.74) is 2.54. The van der Waals surface area contributed by atoms with Gasteiger partial charge in [-0.1, -0.05) is 12.1 Å². The number of nitrogens with one attached hydrogen (secondary N) is 2.